The Morgan fingerprint density at radius 3 is 3.00 bits per heavy atom. The molecule has 25 heavy (non-hydrogen) atoms. The third kappa shape index (κ3) is 2.74. The van der Waals surface area contributed by atoms with E-state index in [4.69, 9.17) is 0 Å². The molecule has 1 amide bonds. The van der Waals surface area contributed by atoms with E-state index in [9.17, 15) is 4.79 Å². The molecule has 3 aromatic heterocycles. The monoisotopic (exact) mass is 357 g/mol. The van der Waals surface area contributed by atoms with Crippen molar-refractivity contribution in [3.05, 3.63) is 46.2 Å². The molecule has 3 aromatic rings. The van der Waals surface area contributed by atoms with Gasteiger partial charge < -0.3 is 9.88 Å². The molecule has 0 aliphatic carbocycles. The van der Waals surface area contributed by atoms with Gasteiger partial charge in [-0.3, -0.25) is 9.48 Å². The molecule has 1 aliphatic rings. The molecule has 0 saturated carbocycles. The minimum absolute atomic E-state index is 0.0102. The summed E-state index contributed by atoms with van der Waals surface area (Å²) in [5.74, 6) is 0.156. The van der Waals surface area contributed by atoms with Crippen LogP contribution in [0.25, 0.3) is 0 Å². The lowest BCUT2D eigenvalue weighted by Crippen LogP contribution is -2.38. The predicted octanol–water partition coefficient (Wildman–Crippen LogP) is 1.91. The summed E-state index contributed by atoms with van der Waals surface area (Å²) in [6.45, 7) is 5.13. The Morgan fingerprint density at radius 2 is 2.28 bits per heavy atom. The predicted molar refractivity (Wildman–Crippen MR) is 92.4 cm³/mol. The van der Waals surface area contributed by atoms with E-state index >= 15 is 0 Å². The van der Waals surface area contributed by atoms with Crippen molar-refractivity contribution in [3.8, 4) is 0 Å². The summed E-state index contributed by atoms with van der Waals surface area (Å²) in [5, 5.41) is 8.40. The first-order valence-electron chi connectivity index (χ1n) is 8.16. The number of H-pyrrole nitrogens is 1. The average Bonchev–Trinajstić information content (AvgIpc) is 3.32. The molecule has 0 bridgehead atoms. The molecule has 0 fully saturated rings. The molecule has 0 radical (unpaired) electrons. The summed E-state index contributed by atoms with van der Waals surface area (Å²) in [4.78, 5) is 23.2. The summed E-state index contributed by atoms with van der Waals surface area (Å²) in [7, 11) is 1.89. The van der Waals surface area contributed by atoms with Crippen LogP contribution in [0, 0.1) is 0 Å². The molecule has 130 valence electrons. The minimum atomic E-state index is -0.0205. The SMILES string of the molecule is CC(C)c1nnsc1C(=O)N1Cc2[nH]cnc2C(c2cnn(C)c2)C1. The Kier molecular flexibility index (Phi) is 3.87. The van der Waals surface area contributed by atoms with Crippen LogP contribution in [0.4, 0.5) is 0 Å². The Bertz CT molecular complexity index is 909. The maximum absolute atomic E-state index is 13.1. The number of amides is 1. The highest BCUT2D eigenvalue weighted by Gasteiger charge is 2.34. The number of hydrogen-bond acceptors (Lipinski definition) is 6. The molecule has 9 heteroatoms. The second-order valence-corrected chi connectivity index (χ2v) is 7.35. The van der Waals surface area contributed by atoms with Crippen LogP contribution in [-0.4, -0.2) is 46.7 Å². The molecule has 0 aromatic carbocycles. The maximum Gasteiger partial charge on any atom is 0.267 e. The van der Waals surface area contributed by atoms with Gasteiger partial charge in [-0.05, 0) is 17.5 Å². The van der Waals surface area contributed by atoms with Crippen molar-refractivity contribution >= 4 is 17.4 Å². The fraction of sp³-hybridized carbons (Fsp3) is 0.438. The zero-order valence-corrected chi connectivity index (χ0v) is 15.1. The van der Waals surface area contributed by atoms with E-state index in [1.54, 1.807) is 11.0 Å². The normalized spacial score (nSPS) is 17.1. The molecule has 1 atom stereocenters. The number of aryl methyl sites for hydroxylation is 1. The molecule has 0 spiro atoms. The Hall–Kier alpha value is -2.55. The zero-order chi connectivity index (χ0) is 17.6. The molecule has 1 N–H and O–H groups in total. The number of nitrogens with zero attached hydrogens (tertiary/aromatic N) is 6. The van der Waals surface area contributed by atoms with E-state index in [-0.39, 0.29) is 17.7 Å². The number of aromatic amines is 1. The third-order valence-corrected chi connectivity index (χ3v) is 5.23. The molecule has 8 nitrogen and oxygen atoms in total. The molecular weight excluding hydrogens is 338 g/mol. The number of aromatic nitrogens is 6. The fourth-order valence-electron chi connectivity index (χ4n) is 3.23. The molecule has 4 heterocycles. The van der Waals surface area contributed by atoms with Crippen molar-refractivity contribution in [1.29, 1.82) is 0 Å². The fourth-order valence-corrected chi connectivity index (χ4v) is 4.01. The number of fused-ring (bicyclic) bond motifs is 1. The van der Waals surface area contributed by atoms with E-state index in [1.807, 2.05) is 38.2 Å². The summed E-state index contributed by atoms with van der Waals surface area (Å²) >= 11 is 1.17. The lowest BCUT2D eigenvalue weighted by Gasteiger charge is -2.31. The Morgan fingerprint density at radius 1 is 1.44 bits per heavy atom. The van der Waals surface area contributed by atoms with Gasteiger partial charge in [-0.2, -0.15) is 5.10 Å². The quantitative estimate of drug-likeness (QED) is 0.773. The van der Waals surface area contributed by atoms with Gasteiger partial charge in [0, 0.05) is 31.3 Å². The zero-order valence-electron chi connectivity index (χ0n) is 14.3. The van der Waals surface area contributed by atoms with Gasteiger partial charge in [0.2, 0.25) is 0 Å². The van der Waals surface area contributed by atoms with E-state index in [0.29, 0.717) is 18.0 Å². The number of hydrogen-bond donors (Lipinski definition) is 1. The third-order valence-electron chi connectivity index (χ3n) is 4.50. The molecular formula is C16H19N7OS. The van der Waals surface area contributed by atoms with Gasteiger partial charge in [0.25, 0.3) is 5.91 Å². The number of carbonyl (C=O) groups excluding carboxylic acids is 1. The van der Waals surface area contributed by atoms with Crippen LogP contribution in [0.3, 0.4) is 0 Å². The van der Waals surface area contributed by atoms with Crippen LogP contribution in [0.15, 0.2) is 18.7 Å². The number of nitrogens with one attached hydrogen (secondary N) is 1. The topological polar surface area (TPSA) is 92.6 Å². The molecule has 4 rings (SSSR count). The number of rotatable bonds is 3. The first-order valence-corrected chi connectivity index (χ1v) is 8.94. The maximum atomic E-state index is 13.1. The smallest absolute Gasteiger partial charge is 0.267 e. The highest BCUT2D eigenvalue weighted by molar-refractivity contribution is 7.08. The van der Waals surface area contributed by atoms with Crippen molar-refractivity contribution in [3.63, 3.8) is 0 Å². The van der Waals surface area contributed by atoms with Crippen molar-refractivity contribution in [2.75, 3.05) is 6.54 Å². The van der Waals surface area contributed by atoms with Crippen LogP contribution in [-0.2, 0) is 13.6 Å². The van der Waals surface area contributed by atoms with E-state index < -0.39 is 0 Å². The average molecular weight is 357 g/mol. The van der Waals surface area contributed by atoms with E-state index in [2.05, 4.69) is 24.7 Å². The van der Waals surface area contributed by atoms with Gasteiger partial charge in [-0.1, -0.05) is 18.3 Å². The summed E-state index contributed by atoms with van der Waals surface area (Å²) in [6.07, 6.45) is 5.51. The van der Waals surface area contributed by atoms with Crippen molar-refractivity contribution in [1.82, 2.24) is 34.2 Å². The minimum Gasteiger partial charge on any atom is -0.347 e. The second kappa shape index (κ2) is 6.07. The molecule has 1 aliphatic heterocycles. The van der Waals surface area contributed by atoms with Crippen molar-refractivity contribution in [2.45, 2.75) is 32.2 Å². The summed E-state index contributed by atoms with van der Waals surface area (Å²) in [6, 6.07) is 0. The lowest BCUT2D eigenvalue weighted by atomic mass is 9.93. The first kappa shape index (κ1) is 15.9. The van der Waals surface area contributed by atoms with Gasteiger partial charge in [-0.25, -0.2) is 4.98 Å². The highest BCUT2D eigenvalue weighted by Crippen LogP contribution is 2.33. The van der Waals surface area contributed by atoms with Crippen LogP contribution < -0.4 is 0 Å². The Labute approximate surface area is 149 Å². The molecule has 1 unspecified atom stereocenters. The van der Waals surface area contributed by atoms with Crippen LogP contribution in [0.1, 0.15) is 58.0 Å². The highest BCUT2D eigenvalue weighted by atomic mass is 32.1. The standard InChI is InChI=1S/C16H19N7OS/c1-9(2)13-15(25-21-20-13)16(24)23-6-11(10-4-19-22(3)5-10)14-12(7-23)17-8-18-14/h4-5,8-9,11H,6-7H2,1-3H3,(H,17,18). The summed E-state index contributed by atoms with van der Waals surface area (Å²) in [5.41, 5.74) is 3.78. The van der Waals surface area contributed by atoms with Gasteiger partial charge in [-0.15, -0.1) is 5.10 Å². The van der Waals surface area contributed by atoms with Gasteiger partial charge in [0.15, 0.2) is 0 Å². The largest absolute Gasteiger partial charge is 0.347 e. The van der Waals surface area contributed by atoms with E-state index in [1.165, 1.54) is 11.5 Å². The Balaban J connectivity index is 1.68. The van der Waals surface area contributed by atoms with Crippen molar-refractivity contribution < 1.29 is 4.79 Å². The van der Waals surface area contributed by atoms with Crippen molar-refractivity contribution in [2.24, 2.45) is 7.05 Å². The van der Waals surface area contributed by atoms with E-state index in [0.717, 1.165) is 22.6 Å². The lowest BCUT2D eigenvalue weighted by molar-refractivity contribution is 0.0725. The van der Waals surface area contributed by atoms with Crippen LogP contribution in [0.2, 0.25) is 0 Å². The second-order valence-electron chi connectivity index (χ2n) is 6.59. The van der Waals surface area contributed by atoms with Crippen LogP contribution in [0.5, 0.6) is 0 Å². The van der Waals surface area contributed by atoms with Gasteiger partial charge >= 0.3 is 0 Å². The van der Waals surface area contributed by atoms with Gasteiger partial charge in [0.1, 0.15) is 4.88 Å². The van der Waals surface area contributed by atoms with Crippen LogP contribution >= 0.6 is 11.5 Å². The number of carbonyl (C=O) groups is 1. The molecule has 0 saturated heterocycles. The summed E-state index contributed by atoms with van der Waals surface area (Å²) < 4.78 is 5.76. The first-order chi connectivity index (χ1) is 12.0. The van der Waals surface area contributed by atoms with Gasteiger partial charge in [0.05, 0.1) is 36.2 Å². The number of imidazole rings is 1.